The van der Waals surface area contributed by atoms with Gasteiger partial charge < -0.3 is 5.11 Å². The predicted octanol–water partition coefficient (Wildman–Crippen LogP) is 2.67. The number of rotatable bonds is 2. The normalized spacial score (nSPS) is 15.2. The SMILES string of the molecule is [2H]C([2H])(O)C(F)(F)c1cccc(Br)c1F. The summed E-state index contributed by atoms with van der Waals surface area (Å²) in [6, 6.07) is 3.04. The van der Waals surface area contributed by atoms with Crippen molar-refractivity contribution < 1.29 is 21.0 Å². The summed E-state index contributed by atoms with van der Waals surface area (Å²) in [5.41, 5.74) is -1.19. The van der Waals surface area contributed by atoms with Crippen molar-refractivity contribution in [2.45, 2.75) is 5.92 Å². The molecule has 0 unspecified atom stereocenters. The largest absolute Gasteiger partial charge is 0.390 e. The van der Waals surface area contributed by atoms with Crippen molar-refractivity contribution in [2.75, 3.05) is 6.56 Å². The van der Waals surface area contributed by atoms with Gasteiger partial charge in [0.05, 0.1) is 12.8 Å². The first-order valence-corrected chi connectivity index (χ1v) is 4.02. The average molecular weight is 257 g/mol. The summed E-state index contributed by atoms with van der Waals surface area (Å²) in [5, 5.41) is 8.62. The topological polar surface area (TPSA) is 20.2 Å². The molecule has 0 aromatic heterocycles. The Labute approximate surface area is 84.1 Å². The van der Waals surface area contributed by atoms with Crippen molar-refractivity contribution >= 4 is 15.9 Å². The summed E-state index contributed by atoms with van der Waals surface area (Å²) in [6.45, 7) is -3.81. The Morgan fingerprint density at radius 1 is 1.54 bits per heavy atom. The summed E-state index contributed by atoms with van der Waals surface area (Å²) >= 11 is 2.69. The monoisotopic (exact) mass is 256 g/mol. The molecule has 0 atom stereocenters. The molecule has 1 aromatic carbocycles. The molecule has 0 radical (unpaired) electrons. The quantitative estimate of drug-likeness (QED) is 0.863. The van der Waals surface area contributed by atoms with Gasteiger partial charge in [-0.15, -0.1) is 0 Å². The Hall–Kier alpha value is -0.550. The van der Waals surface area contributed by atoms with Crippen LogP contribution in [-0.4, -0.2) is 11.7 Å². The van der Waals surface area contributed by atoms with Crippen LogP contribution in [0.3, 0.4) is 0 Å². The Morgan fingerprint density at radius 3 is 2.69 bits per heavy atom. The first-order valence-electron chi connectivity index (χ1n) is 4.22. The summed E-state index contributed by atoms with van der Waals surface area (Å²) in [4.78, 5) is 0. The molecule has 0 aliphatic carbocycles. The highest BCUT2D eigenvalue weighted by molar-refractivity contribution is 9.10. The lowest BCUT2D eigenvalue weighted by molar-refractivity contribution is -0.0583. The molecule has 0 amide bonds. The van der Waals surface area contributed by atoms with Crippen LogP contribution in [0.2, 0.25) is 0 Å². The summed E-state index contributed by atoms with van der Waals surface area (Å²) in [5.74, 6) is -5.60. The molecule has 0 bridgehead atoms. The van der Waals surface area contributed by atoms with E-state index in [1.165, 1.54) is 6.07 Å². The fraction of sp³-hybridized carbons (Fsp3) is 0.250. The number of alkyl halides is 2. The molecule has 13 heavy (non-hydrogen) atoms. The smallest absolute Gasteiger partial charge is 0.298 e. The van der Waals surface area contributed by atoms with Crippen LogP contribution in [-0.2, 0) is 5.92 Å². The van der Waals surface area contributed by atoms with Gasteiger partial charge in [-0.1, -0.05) is 6.07 Å². The molecule has 1 rings (SSSR count). The minimum atomic E-state index is -4.30. The first kappa shape index (κ1) is 7.82. The predicted molar refractivity (Wildman–Crippen MR) is 45.1 cm³/mol. The van der Waals surface area contributed by atoms with Gasteiger partial charge in [0, 0.05) is 0 Å². The highest BCUT2D eigenvalue weighted by Gasteiger charge is 2.34. The van der Waals surface area contributed by atoms with E-state index in [9.17, 15) is 13.2 Å². The average Bonchev–Trinajstić information content (AvgIpc) is 2.07. The third-order valence-electron chi connectivity index (χ3n) is 1.43. The number of halogens is 4. The molecule has 0 heterocycles. The van der Waals surface area contributed by atoms with Crippen molar-refractivity contribution in [2.24, 2.45) is 0 Å². The molecular weight excluding hydrogens is 249 g/mol. The molecule has 5 heteroatoms. The van der Waals surface area contributed by atoms with Crippen LogP contribution in [0.1, 0.15) is 8.30 Å². The lowest BCUT2D eigenvalue weighted by atomic mass is 10.1. The Bertz CT molecular complexity index is 379. The maximum Gasteiger partial charge on any atom is 0.298 e. The number of benzene rings is 1. The first-order chi connectivity index (χ1) is 6.68. The summed E-state index contributed by atoms with van der Waals surface area (Å²) in [7, 11) is 0. The molecule has 1 N–H and O–H groups in total. The highest BCUT2D eigenvalue weighted by atomic mass is 79.9. The third-order valence-corrected chi connectivity index (χ3v) is 2.04. The molecule has 0 aliphatic rings. The Morgan fingerprint density at radius 2 is 2.15 bits per heavy atom. The lowest BCUT2D eigenvalue weighted by Crippen LogP contribution is -2.20. The minimum Gasteiger partial charge on any atom is -0.390 e. The summed E-state index contributed by atoms with van der Waals surface area (Å²) in [6.07, 6.45) is 0. The molecule has 1 nitrogen and oxygen atoms in total. The second-order valence-electron chi connectivity index (χ2n) is 2.29. The Kier molecular flexibility index (Phi) is 2.21. The van der Waals surface area contributed by atoms with Crippen LogP contribution in [0.15, 0.2) is 22.7 Å². The van der Waals surface area contributed by atoms with Crippen LogP contribution in [0.4, 0.5) is 13.2 Å². The van der Waals surface area contributed by atoms with Crippen molar-refractivity contribution in [3.05, 3.63) is 34.1 Å². The molecule has 0 aliphatic heterocycles. The molecule has 72 valence electrons. The van der Waals surface area contributed by atoms with E-state index in [2.05, 4.69) is 15.9 Å². The van der Waals surface area contributed by atoms with E-state index in [1.807, 2.05) is 0 Å². The number of hydrogen-bond donors (Lipinski definition) is 1. The second-order valence-corrected chi connectivity index (χ2v) is 3.14. The van der Waals surface area contributed by atoms with Crippen molar-refractivity contribution in [1.82, 2.24) is 0 Å². The van der Waals surface area contributed by atoms with Crippen molar-refractivity contribution in [3.8, 4) is 0 Å². The van der Waals surface area contributed by atoms with Crippen LogP contribution >= 0.6 is 15.9 Å². The van der Waals surface area contributed by atoms with E-state index in [1.54, 1.807) is 0 Å². The maximum atomic E-state index is 13.2. The van der Waals surface area contributed by atoms with Crippen LogP contribution in [0.25, 0.3) is 0 Å². The van der Waals surface area contributed by atoms with Crippen LogP contribution < -0.4 is 0 Å². The highest BCUT2D eigenvalue weighted by Crippen LogP contribution is 2.32. The van der Waals surface area contributed by atoms with Crippen LogP contribution in [0, 0.1) is 5.82 Å². The van der Waals surface area contributed by atoms with Crippen molar-refractivity contribution in [3.63, 3.8) is 0 Å². The van der Waals surface area contributed by atoms with Gasteiger partial charge in [-0.25, -0.2) is 4.39 Å². The van der Waals surface area contributed by atoms with E-state index in [0.717, 1.165) is 6.07 Å². The van der Waals surface area contributed by atoms with Gasteiger partial charge >= 0.3 is 0 Å². The minimum absolute atomic E-state index is 0.219. The van der Waals surface area contributed by atoms with E-state index in [4.69, 9.17) is 7.85 Å². The fourth-order valence-electron chi connectivity index (χ4n) is 0.807. The standard InChI is InChI=1S/C8H6BrF3O/c9-6-3-1-2-5(7(6)10)8(11,12)4-13/h1-3,13H,4H2/i4D2. The number of hydrogen-bond acceptors (Lipinski definition) is 1. The third kappa shape index (κ3) is 2.03. The van der Waals surface area contributed by atoms with Gasteiger partial charge in [0.25, 0.3) is 5.92 Å². The van der Waals surface area contributed by atoms with E-state index >= 15 is 0 Å². The fourth-order valence-corrected chi connectivity index (χ4v) is 1.17. The zero-order valence-electron chi connectivity index (χ0n) is 8.19. The molecular formula is C8H6BrF3O. The maximum absolute atomic E-state index is 13.2. The van der Waals surface area contributed by atoms with Gasteiger partial charge in [0.1, 0.15) is 12.4 Å². The van der Waals surface area contributed by atoms with Crippen molar-refractivity contribution in [1.29, 1.82) is 0 Å². The Balaban J connectivity index is 3.34. The van der Waals surface area contributed by atoms with Gasteiger partial charge in [-0.2, -0.15) is 8.78 Å². The molecule has 0 saturated heterocycles. The molecule has 1 aromatic rings. The molecule has 0 spiro atoms. The van der Waals surface area contributed by atoms with Gasteiger partial charge in [-0.05, 0) is 28.1 Å². The molecule has 0 saturated carbocycles. The van der Waals surface area contributed by atoms with E-state index < -0.39 is 23.9 Å². The van der Waals surface area contributed by atoms with Gasteiger partial charge in [-0.3, -0.25) is 0 Å². The van der Waals surface area contributed by atoms with Crippen LogP contribution in [0.5, 0.6) is 0 Å². The second kappa shape index (κ2) is 3.67. The lowest BCUT2D eigenvalue weighted by Gasteiger charge is -2.14. The van der Waals surface area contributed by atoms with Gasteiger partial charge in [0.2, 0.25) is 0 Å². The summed E-state index contributed by atoms with van der Waals surface area (Å²) < 4.78 is 52.5. The molecule has 0 fully saturated rings. The van der Waals surface area contributed by atoms with Gasteiger partial charge in [0.15, 0.2) is 0 Å². The zero-order chi connectivity index (χ0) is 11.9. The van der Waals surface area contributed by atoms with E-state index in [-0.39, 0.29) is 4.47 Å². The zero-order valence-corrected chi connectivity index (χ0v) is 7.78. The number of aliphatic hydroxyl groups is 1. The van der Waals surface area contributed by atoms with E-state index in [0.29, 0.717) is 6.07 Å².